The van der Waals surface area contributed by atoms with E-state index in [-0.39, 0.29) is 11.7 Å². The molecule has 1 aliphatic carbocycles. The van der Waals surface area contributed by atoms with Crippen LogP contribution in [0, 0.1) is 17.8 Å². The molecule has 2 aliphatic heterocycles. The number of Topliss-reactive ketones (excluding diaryl/α,β-unsaturated/α-hetero) is 1. The van der Waals surface area contributed by atoms with E-state index in [1.165, 1.54) is 0 Å². The maximum Gasteiger partial charge on any atom is 0.328 e. The molecule has 160 valence electrons. The number of hydrogen-bond donors (Lipinski definition) is 0. The van der Waals surface area contributed by atoms with Crippen molar-refractivity contribution in [2.45, 2.75) is 39.0 Å². The number of halogens is 1. The van der Waals surface area contributed by atoms with Crippen molar-refractivity contribution in [1.82, 2.24) is 4.90 Å². The quantitative estimate of drug-likeness (QED) is 0.276. The Hall–Kier alpha value is -2.47. The molecule has 3 atom stereocenters. The number of ether oxygens (including phenoxy) is 1. The van der Waals surface area contributed by atoms with Crippen molar-refractivity contribution in [2.75, 3.05) is 13.1 Å². The van der Waals surface area contributed by atoms with Gasteiger partial charge in [0.25, 0.3) is 0 Å². The summed E-state index contributed by atoms with van der Waals surface area (Å²) < 4.78 is 6.52. The molecule has 2 heterocycles. The average molecular weight is 482 g/mol. The van der Waals surface area contributed by atoms with Gasteiger partial charge in [0.1, 0.15) is 5.75 Å². The number of fused-ring (bicyclic) bond motifs is 3. The Morgan fingerprint density at radius 1 is 1.06 bits per heavy atom. The van der Waals surface area contributed by atoms with Crippen molar-refractivity contribution in [3.8, 4) is 5.75 Å². The van der Waals surface area contributed by atoms with Gasteiger partial charge in [0, 0.05) is 34.6 Å². The predicted molar refractivity (Wildman–Crippen MR) is 119 cm³/mol. The Morgan fingerprint density at radius 2 is 1.74 bits per heavy atom. The maximum absolute atomic E-state index is 13.9. The third kappa shape index (κ3) is 2.70. The largest absolute Gasteiger partial charge is 0.425 e. The van der Waals surface area contributed by atoms with Gasteiger partial charge in [-0.1, -0.05) is 45.8 Å². The summed E-state index contributed by atoms with van der Waals surface area (Å²) in [6.07, 6.45) is 2.89. The highest BCUT2D eigenvalue weighted by atomic mass is 79.9. The van der Waals surface area contributed by atoms with Crippen LogP contribution in [0.4, 0.5) is 0 Å². The van der Waals surface area contributed by atoms with E-state index >= 15 is 0 Å². The van der Waals surface area contributed by atoms with Gasteiger partial charge in [-0.15, -0.1) is 0 Å². The fourth-order valence-electron chi connectivity index (χ4n) is 5.61. The second-order valence-corrected chi connectivity index (χ2v) is 9.98. The number of aryl methyl sites for hydroxylation is 1. The smallest absolute Gasteiger partial charge is 0.328 e. The molecule has 0 aromatic heterocycles. The van der Waals surface area contributed by atoms with Crippen LogP contribution in [0.3, 0.4) is 0 Å². The molecule has 1 saturated heterocycles. The second kappa shape index (κ2) is 7.02. The van der Waals surface area contributed by atoms with Crippen molar-refractivity contribution in [2.24, 2.45) is 10.8 Å². The third-order valence-corrected chi connectivity index (χ3v) is 7.81. The Morgan fingerprint density at radius 3 is 2.42 bits per heavy atom. The van der Waals surface area contributed by atoms with Gasteiger partial charge in [-0.05, 0) is 51.3 Å². The first-order chi connectivity index (χ1) is 14.8. The van der Waals surface area contributed by atoms with Crippen molar-refractivity contribution < 1.29 is 19.1 Å². The average Bonchev–Trinajstić information content (AvgIpc) is 3.37. The molecule has 1 amide bonds. The minimum atomic E-state index is -1.51. The monoisotopic (exact) mass is 481 g/mol. The van der Waals surface area contributed by atoms with Crippen LogP contribution >= 0.6 is 15.9 Å². The molecule has 3 aliphatic rings. The lowest BCUT2D eigenvalue weighted by atomic mass is 9.85. The number of benzene rings is 2. The number of hydrogen-bond acceptors (Lipinski definition) is 4. The number of piperidine rings is 1. The summed E-state index contributed by atoms with van der Waals surface area (Å²) in [6.45, 7) is 4.94. The van der Waals surface area contributed by atoms with Crippen LogP contribution in [0.2, 0.25) is 0 Å². The molecule has 6 heteroatoms. The molecule has 2 aromatic rings. The van der Waals surface area contributed by atoms with Crippen LogP contribution in [-0.2, 0) is 9.59 Å². The number of rotatable bonds is 3. The highest BCUT2D eigenvalue weighted by Crippen LogP contribution is 2.78. The van der Waals surface area contributed by atoms with Crippen LogP contribution in [0.5, 0.6) is 5.75 Å². The van der Waals surface area contributed by atoms with E-state index in [0.29, 0.717) is 24.4 Å². The molecule has 5 nitrogen and oxygen atoms in total. The number of ketones is 1. The number of likely N-dealkylation sites (tertiary alicyclic amines) is 1. The summed E-state index contributed by atoms with van der Waals surface area (Å²) in [7, 11) is 0. The zero-order valence-electron chi connectivity index (χ0n) is 17.6. The maximum atomic E-state index is 13.9. The van der Waals surface area contributed by atoms with E-state index in [2.05, 4.69) is 15.9 Å². The van der Waals surface area contributed by atoms with E-state index in [1.807, 2.05) is 25.1 Å². The van der Waals surface area contributed by atoms with E-state index < -0.39 is 22.7 Å². The van der Waals surface area contributed by atoms with Gasteiger partial charge < -0.3 is 9.64 Å². The lowest BCUT2D eigenvalue weighted by molar-refractivity contribution is -0.154. The topological polar surface area (TPSA) is 63.7 Å². The molecule has 2 aromatic carbocycles. The number of nitrogens with zero attached hydrogens (tertiary/aromatic N) is 1. The van der Waals surface area contributed by atoms with E-state index in [4.69, 9.17) is 4.74 Å². The molecular formula is C25H24BrNO4. The molecule has 3 unspecified atom stereocenters. The summed E-state index contributed by atoms with van der Waals surface area (Å²) in [4.78, 5) is 43.0. The first kappa shape index (κ1) is 20.4. The lowest BCUT2D eigenvalue weighted by Crippen LogP contribution is -2.49. The van der Waals surface area contributed by atoms with Crippen LogP contribution in [-0.4, -0.2) is 35.6 Å². The summed E-state index contributed by atoms with van der Waals surface area (Å²) in [5, 5.41) is 0. The van der Waals surface area contributed by atoms with Crippen molar-refractivity contribution in [3.63, 3.8) is 0 Å². The van der Waals surface area contributed by atoms with Gasteiger partial charge in [0.15, 0.2) is 11.2 Å². The Kier molecular flexibility index (Phi) is 4.63. The van der Waals surface area contributed by atoms with Crippen molar-refractivity contribution in [3.05, 3.63) is 63.6 Å². The minimum Gasteiger partial charge on any atom is -0.425 e. The fourth-order valence-corrected chi connectivity index (χ4v) is 5.98. The Labute approximate surface area is 189 Å². The van der Waals surface area contributed by atoms with Gasteiger partial charge in [0.05, 0.1) is 5.41 Å². The molecule has 0 bridgehead atoms. The summed E-state index contributed by atoms with van der Waals surface area (Å²) in [5.41, 5.74) is -0.414. The Bertz CT molecular complexity index is 1110. The van der Waals surface area contributed by atoms with Gasteiger partial charge in [-0.2, -0.15) is 0 Å². The zero-order chi connectivity index (χ0) is 22.0. The normalized spacial score (nSPS) is 28.9. The number of carbonyl (C=O) groups excluding carboxylic acids is 3. The molecule has 2 fully saturated rings. The molecule has 0 N–H and O–H groups in total. The van der Waals surface area contributed by atoms with E-state index in [0.717, 1.165) is 34.9 Å². The van der Waals surface area contributed by atoms with E-state index in [9.17, 15) is 14.4 Å². The zero-order valence-corrected chi connectivity index (χ0v) is 19.2. The van der Waals surface area contributed by atoms with Gasteiger partial charge in [0.2, 0.25) is 5.91 Å². The predicted octanol–water partition coefficient (Wildman–Crippen LogP) is 4.66. The SMILES string of the molecule is Cc1ccc(C(=O)C2(C)C3c4cc(Br)ccc4OC(=O)C32C(=O)N2CCCCC2)cc1. The molecule has 31 heavy (non-hydrogen) atoms. The van der Waals surface area contributed by atoms with Gasteiger partial charge in [-0.25, -0.2) is 0 Å². The van der Waals surface area contributed by atoms with Gasteiger partial charge in [-0.3, -0.25) is 14.4 Å². The molecular weight excluding hydrogens is 458 g/mol. The summed E-state index contributed by atoms with van der Waals surface area (Å²) >= 11 is 3.49. The highest BCUT2D eigenvalue weighted by Gasteiger charge is 2.88. The summed E-state index contributed by atoms with van der Waals surface area (Å²) in [5.74, 6) is -1.17. The number of amides is 1. The van der Waals surface area contributed by atoms with E-state index in [1.54, 1.807) is 36.1 Å². The van der Waals surface area contributed by atoms with Gasteiger partial charge >= 0.3 is 5.97 Å². The third-order valence-electron chi connectivity index (χ3n) is 7.32. The minimum absolute atomic E-state index is 0.187. The first-order valence-corrected chi connectivity index (χ1v) is 11.5. The van der Waals surface area contributed by atoms with Crippen molar-refractivity contribution in [1.29, 1.82) is 0 Å². The summed E-state index contributed by atoms with van der Waals surface area (Å²) in [6, 6.07) is 12.7. The molecule has 1 saturated carbocycles. The van der Waals surface area contributed by atoms with Crippen LogP contribution in [0.15, 0.2) is 46.9 Å². The van der Waals surface area contributed by atoms with Crippen LogP contribution < -0.4 is 4.74 Å². The fraction of sp³-hybridized carbons (Fsp3) is 0.400. The van der Waals surface area contributed by atoms with Crippen LogP contribution in [0.25, 0.3) is 0 Å². The van der Waals surface area contributed by atoms with Crippen molar-refractivity contribution >= 4 is 33.6 Å². The molecule has 0 radical (unpaired) electrons. The van der Waals surface area contributed by atoms with Crippen LogP contribution in [0.1, 0.15) is 53.6 Å². The molecule has 0 spiro atoms. The lowest BCUT2D eigenvalue weighted by Gasteiger charge is -2.32. The molecule has 5 rings (SSSR count). The number of carbonyl (C=O) groups is 3. The second-order valence-electron chi connectivity index (χ2n) is 9.06. The standard InChI is InChI=1S/C25H24BrNO4/c1-15-6-8-16(9-7-15)21(28)24(2)20-18-14-17(26)10-11-19(18)31-23(30)25(20,24)22(29)27-12-4-3-5-13-27/h6-11,14,20H,3-5,12-13H2,1-2H3. The number of esters is 1. The highest BCUT2D eigenvalue weighted by molar-refractivity contribution is 9.10. The Balaban J connectivity index is 1.67. The first-order valence-electron chi connectivity index (χ1n) is 10.7.